The quantitative estimate of drug-likeness (QED) is 0.471. The van der Waals surface area contributed by atoms with Gasteiger partial charge < -0.3 is 10.0 Å². The summed E-state index contributed by atoms with van der Waals surface area (Å²) in [4.78, 5) is 34.2. The van der Waals surface area contributed by atoms with Gasteiger partial charge in [-0.05, 0) is 24.5 Å². The van der Waals surface area contributed by atoms with Gasteiger partial charge in [-0.3, -0.25) is 19.7 Å². The molecule has 0 radical (unpaired) electrons. The molecule has 0 atom stereocenters. The van der Waals surface area contributed by atoms with Crippen LogP contribution in [0.1, 0.15) is 31.2 Å². The second-order valence-electron chi connectivity index (χ2n) is 5.00. The molecule has 0 aromatic heterocycles. The Kier molecular flexibility index (Phi) is 4.52. The van der Waals surface area contributed by atoms with Gasteiger partial charge in [0.15, 0.2) is 0 Å². The maximum atomic E-state index is 11.9. The lowest BCUT2D eigenvalue weighted by molar-refractivity contribution is -0.384. The molecule has 1 aromatic rings. The number of aliphatic carboxylic acids is 1. The van der Waals surface area contributed by atoms with Gasteiger partial charge in [0, 0.05) is 30.8 Å². The van der Waals surface area contributed by atoms with Crippen LogP contribution < -0.4 is 4.90 Å². The van der Waals surface area contributed by atoms with Crippen LogP contribution in [-0.4, -0.2) is 28.5 Å². The van der Waals surface area contributed by atoms with Crippen molar-refractivity contribution in [2.45, 2.75) is 32.1 Å². The van der Waals surface area contributed by atoms with Crippen molar-refractivity contribution in [3.8, 4) is 0 Å². The number of fused-ring (bicyclic) bond motifs is 1. The summed E-state index contributed by atoms with van der Waals surface area (Å²) in [6.45, 7) is 0.517. The Bertz CT molecular complexity index is 585. The number of hydrogen-bond donors (Lipinski definition) is 1. The van der Waals surface area contributed by atoms with E-state index in [1.165, 1.54) is 12.1 Å². The number of nitro groups is 1. The zero-order valence-corrected chi connectivity index (χ0v) is 11.4. The molecule has 1 amide bonds. The molecule has 0 aliphatic carbocycles. The Morgan fingerprint density at radius 3 is 2.76 bits per heavy atom. The number of amides is 1. The highest BCUT2D eigenvalue weighted by Gasteiger charge is 2.28. The van der Waals surface area contributed by atoms with Crippen LogP contribution >= 0.6 is 0 Å². The second kappa shape index (κ2) is 6.34. The first-order chi connectivity index (χ1) is 9.99. The van der Waals surface area contributed by atoms with E-state index >= 15 is 0 Å². The lowest BCUT2D eigenvalue weighted by atomic mass is 10.1. The first kappa shape index (κ1) is 15.0. The summed E-state index contributed by atoms with van der Waals surface area (Å²) >= 11 is 0. The lowest BCUT2D eigenvalue weighted by Crippen LogP contribution is -2.27. The minimum Gasteiger partial charge on any atom is -0.481 e. The molecule has 7 heteroatoms. The van der Waals surface area contributed by atoms with Crippen LogP contribution in [0.15, 0.2) is 18.2 Å². The van der Waals surface area contributed by atoms with Gasteiger partial charge in [0.25, 0.3) is 5.69 Å². The predicted octanol–water partition coefficient (Wildman–Crippen LogP) is 2.13. The number of nitro benzene ring substituents is 1. The largest absolute Gasteiger partial charge is 0.481 e. The first-order valence-electron chi connectivity index (χ1n) is 6.78. The number of rotatable bonds is 7. The summed E-state index contributed by atoms with van der Waals surface area (Å²) in [6, 6.07) is 4.45. The van der Waals surface area contributed by atoms with Crippen LogP contribution in [0.3, 0.4) is 0 Å². The number of carboxylic acid groups (broad SMARTS) is 1. The van der Waals surface area contributed by atoms with Gasteiger partial charge >= 0.3 is 5.97 Å². The Morgan fingerprint density at radius 1 is 1.33 bits per heavy atom. The molecule has 0 spiro atoms. The SMILES string of the molecule is O=C(O)CCCCCN1C(=O)Cc2cc([N+](=O)[O-])ccc21. The van der Waals surface area contributed by atoms with Crippen LogP contribution in [0.5, 0.6) is 0 Å². The molecule has 1 aliphatic heterocycles. The van der Waals surface area contributed by atoms with E-state index in [-0.39, 0.29) is 24.4 Å². The van der Waals surface area contributed by atoms with E-state index in [4.69, 9.17) is 5.11 Å². The summed E-state index contributed by atoms with van der Waals surface area (Å²) in [5, 5.41) is 19.3. The maximum Gasteiger partial charge on any atom is 0.303 e. The molecule has 2 rings (SSSR count). The van der Waals surface area contributed by atoms with E-state index in [2.05, 4.69) is 0 Å². The van der Waals surface area contributed by atoms with E-state index in [9.17, 15) is 19.7 Å². The Hall–Kier alpha value is -2.44. The number of anilines is 1. The van der Waals surface area contributed by atoms with Gasteiger partial charge in [0.05, 0.1) is 11.3 Å². The second-order valence-corrected chi connectivity index (χ2v) is 5.00. The molecule has 21 heavy (non-hydrogen) atoms. The smallest absolute Gasteiger partial charge is 0.303 e. The Morgan fingerprint density at radius 2 is 2.10 bits per heavy atom. The van der Waals surface area contributed by atoms with Gasteiger partial charge in [0.1, 0.15) is 0 Å². The molecule has 0 saturated carbocycles. The Balaban J connectivity index is 1.95. The monoisotopic (exact) mass is 292 g/mol. The summed E-state index contributed by atoms with van der Waals surface area (Å²) in [5.74, 6) is -0.881. The molecule has 1 aliphatic rings. The van der Waals surface area contributed by atoms with Crippen molar-refractivity contribution in [3.63, 3.8) is 0 Å². The van der Waals surface area contributed by atoms with Crippen LogP contribution in [0.2, 0.25) is 0 Å². The molecule has 0 fully saturated rings. The molecule has 0 unspecified atom stereocenters. The lowest BCUT2D eigenvalue weighted by Gasteiger charge is -2.17. The third-order valence-electron chi connectivity index (χ3n) is 3.48. The predicted molar refractivity (Wildman–Crippen MR) is 75.3 cm³/mol. The van der Waals surface area contributed by atoms with Crippen molar-refractivity contribution >= 4 is 23.3 Å². The van der Waals surface area contributed by atoms with Crippen molar-refractivity contribution < 1.29 is 19.6 Å². The topological polar surface area (TPSA) is 101 Å². The summed E-state index contributed by atoms with van der Waals surface area (Å²) in [7, 11) is 0. The average Bonchev–Trinajstić information content (AvgIpc) is 2.73. The zero-order valence-electron chi connectivity index (χ0n) is 11.4. The summed E-state index contributed by atoms with van der Waals surface area (Å²) in [6.07, 6.45) is 2.36. The fourth-order valence-corrected chi connectivity index (χ4v) is 2.45. The van der Waals surface area contributed by atoms with Crippen molar-refractivity contribution in [1.29, 1.82) is 0 Å². The van der Waals surface area contributed by atoms with Gasteiger partial charge in [-0.1, -0.05) is 6.42 Å². The molecule has 0 bridgehead atoms. The fourth-order valence-electron chi connectivity index (χ4n) is 2.45. The highest BCUT2D eigenvalue weighted by molar-refractivity contribution is 6.01. The number of carboxylic acids is 1. The summed E-state index contributed by atoms with van der Waals surface area (Å²) < 4.78 is 0. The molecule has 1 N–H and O–H groups in total. The number of carbonyl (C=O) groups is 2. The minimum atomic E-state index is -0.815. The van der Waals surface area contributed by atoms with Crippen LogP contribution in [-0.2, 0) is 16.0 Å². The van der Waals surface area contributed by atoms with Gasteiger partial charge in [-0.2, -0.15) is 0 Å². The third kappa shape index (κ3) is 3.56. The maximum absolute atomic E-state index is 11.9. The minimum absolute atomic E-state index is 0.00939. The highest BCUT2D eigenvalue weighted by atomic mass is 16.6. The summed E-state index contributed by atoms with van der Waals surface area (Å²) in [5.41, 5.74) is 1.40. The molecular weight excluding hydrogens is 276 g/mol. The molecule has 1 aromatic carbocycles. The molecule has 0 saturated heterocycles. The van der Waals surface area contributed by atoms with E-state index in [0.717, 1.165) is 18.5 Å². The van der Waals surface area contributed by atoms with Crippen LogP contribution in [0.25, 0.3) is 0 Å². The number of benzene rings is 1. The molecule has 1 heterocycles. The zero-order chi connectivity index (χ0) is 15.4. The van der Waals surface area contributed by atoms with Crippen molar-refractivity contribution in [2.75, 3.05) is 11.4 Å². The van der Waals surface area contributed by atoms with Crippen molar-refractivity contribution in [3.05, 3.63) is 33.9 Å². The number of non-ortho nitro benzene ring substituents is 1. The van der Waals surface area contributed by atoms with E-state index < -0.39 is 10.9 Å². The highest BCUT2D eigenvalue weighted by Crippen LogP contribution is 2.32. The van der Waals surface area contributed by atoms with Gasteiger partial charge in [-0.15, -0.1) is 0 Å². The number of carbonyl (C=O) groups excluding carboxylic acids is 1. The van der Waals surface area contributed by atoms with E-state index in [1.54, 1.807) is 11.0 Å². The normalized spacial score (nSPS) is 13.3. The van der Waals surface area contributed by atoms with Crippen molar-refractivity contribution in [1.82, 2.24) is 0 Å². The molecule has 112 valence electrons. The number of hydrogen-bond acceptors (Lipinski definition) is 4. The molecular formula is C14H16N2O5. The Labute approximate surface area is 121 Å². The van der Waals surface area contributed by atoms with E-state index in [0.29, 0.717) is 18.5 Å². The van der Waals surface area contributed by atoms with Crippen LogP contribution in [0, 0.1) is 10.1 Å². The van der Waals surface area contributed by atoms with Crippen LogP contribution in [0.4, 0.5) is 11.4 Å². The number of unbranched alkanes of at least 4 members (excludes halogenated alkanes) is 2. The molecule has 7 nitrogen and oxygen atoms in total. The van der Waals surface area contributed by atoms with Gasteiger partial charge in [-0.25, -0.2) is 0 Å². The standard InChI is InChI=1S/C14H16N2O5/c17-13-9-10-8-11(16(20)21)5-6-12(10)15(13)7-3-1-2-4-14(18)19/h5-6,8H,1-4,7,9H2,(H,18,19). The van der Waals surface area contributed by atoms with Gasteiger partial charge in [0.2, 0.25) is 5.91 Å². The number of nitrogens with zero attached hydrogens (tertiary/aromatic N) is 2. The average molecular weight is 292 g/mol. The third-order valence-corrected chi connectivity index (χ3v) is 3.48. The van der Waals surface area contributed by atoms with Crippen molar-refractivity contribution in [2.24, 2.45) is 0 Å². The fraction of sp³-hybridized carbons (Fsp3) is 0.429. The first-order valence-corrected chi connectivity index (χ1v) is 6.78. The van der Waals surface area contributed by atoms with E-state index in [1.807, 2.05) is 0 Å².